The van der Waals surface area contributed by atoms with E-state index in [-0.39, 0.29) is 22.6 Å². The van der Waals surface area contributed by atoms with Gasteiger partial charge >= 0.3 is 0 Å². The number of methoxy groups -OCH3 is 1. The Morgan fingerprint density at radius 3 is 2.62 bits per heavy atom. The maximum atomic E-state index is 13.5. The Bertz CT molecular complexity index is 1230. The topological polar surface area (TPSA) is 95.6 Å². The number of H-pyrrole nitrogens is 1. The van der Waals surface area contributed by atoms with E-state index >= 15 is 0 Å². The molecular weight excluding hydrogens is 428 g/mol. The molecule has 2 fully saturated rings. The van der Waals surface area contributed by atoms with Crippen molar-refractivity contribution in [1.29, 1.82) is 0 Å². The zero-order valence-corrected chi connectivity index (χ0v) is 18.8. The molecule has 0 saturated carbocycles. The quantitative estimate of drug-likeness (QED) is 0.638. The third kappa shape index (κ3) is 3.55. The lowest BCUT2D eigenvalue weighted by molar-refractivity contribution is 0.0730. The first kappa shape index (κ1) is 21.0. The standard InChI is InChI=1S/C23H26N4O4S/c1-31-20-11-10-16(15-21(20)32(29,30)26-12-4-5-13-26)23(28)27-14-6-9-19(27)22-24-17-7-2-3-8-18(17)25-22/h2-3,7-8,10-11,15,19H,4-6,9,12-14H2,1H3,(H,24,25). The van der Waals surface area contributed by atoms with Crippen molar-refractivity contribution in [2.75, 3.05) is 26.7 Å². The van der Waals surface area contributed by atoms with Gasteiger partial charge in [-0.25, -0.2) is 13.4 Å². The molecule has 2 saturated heterocycles. The second-order valence-electron chi connectivity index (χ2n) is 8.27. The molecule has 2 aromatic carbocycles. The van der Waals surface area contributed by atoms with Crippen LogP contribution in [0.5, 0.6) is 5.75 Å². The Hall–Kier alpha value is -2.91. The van der Waals surface area contributed by atoms with E-state index < -0.39 is 10.0 Å². The van der Waals surface area contributed by atoms with Crippen molar-refractivity contribution in [1.82, 2.24) is 19.2 Å². The smallest absolute Gasteiger partial charge is 0.254 e. The lowest BCUT2D eigenvalue weighted by atomic mass is 10.1. The predicted octanol–water partition coefficient (Wildman–Crippen LogP) is 3.33. The molecule has 0 aliphatic carbocycles. The van der Waals surface area contributed by atoms with Crippen molar-refractivity contribution in [3.63, 3.8) is 0 Å². The molecule has 1 atom stereocenters. The maximum absolute atomic E-state index is 13.5. The number of para-hydroxylation sites is 2. The lowest BCUT2D eigenvalue weighted by Crippen LogP contribution is -2.32. The number of aromatic amines is 1. The number of carbonyl (C=O) groups is 1. The predicted molar refractivity (Wildman–Crippen MR) is 120 cm³/mol. The summed E-state index contributed by atoms with van der Waals surface area (Å²) < 4.78 is 33.2. The van der Waals surface area contributed by atoms with E-state index in [9.17, 15) is 13.2 Å². The van der Waals surface area contributed by atoms with Crippen LogP contribution in [-0.2, 0) is 10.0 Å². The Balaban J connectivity index is 1.48. The number of nitrogens with one attached hydrogen (secondary N) is 1. The Labute approximate surface area is 187 Å². The number of nitrogens with zero attached hydrogens (tertiary/aromatic N) is 3. The molecule has 2 aliphatic heterocycles. The van der Waals surface area contributed by atoms with Crippen LogP contribution >= 0.6 is 0 Å². The number of hydrogen-bond acceptors (Lipinski definition) is 5. The fourth-order valence-corrected chi connectivity index (χ4v) is 6.37. The van der Waals surface area contributed by atoms with Crippen LogP contribution in [0.4, 0.5) is 0 Å². The summed E-state index contributed by atoms with van der Waals surface area (Å²) in [6, 6.07) is 12.3. The largest absolute Gasteiger partial charge is 0.495 e. The lowest BCUT2D eigenvalue weighted by Gasteiger charge is -2.24. The van der Waals surface area contributed by atoms with Crippen molar-refractivity contribution in [3.8, 4) is 5.75 Å². The summed E-state index contributed by atoms with van der Waals surface area (Å²) in [5.41, 5.74) is 2.14. The van der Waals surface area contributed by atoms with E-state index in [0.29, 0.717) is 25.2 Å². The average Bonchev–Trinajstić information content (AvgIpc) is 3.57. The van der Waals surface area contributed by atoms with Gasteiger partial charge in [0.25, 0.3) is 5.91 Å². The summed E-state index contributed by atoms with van der Waals surface area (Å²) >= 11 is 0. The van der Waals surface area contributed by atoms with Crippen molar-refractivity contribution in [3.05, 3.63) is 53.9 Å². The highest BCUT2D eigenvalue weighted by Crippen LogP contribution is 2.35. The highest BCUT2D eigenvalue weighted by atomic mass is 32.2. The molecule has 1 aromatic heterocycles. The van der Waals surface area contributed by atoms with Crippen LogP contribution in [0, 0.1) is 0 Å². The number of rotatable bonds is 5. The SMILES string of the molecule is COc1ccc(C(=O)N2CCCC2c2nc3ccccc3[nH]2)cc1S(=O)(=O)N1CCCC1. The Kier molecular flexibility index (Phi) is 5.38. The minimum Gasteiger partial charge on any atom is -0.495 e. The molecule has 1 amide bonds. The van der Waals surface area contributed by atoms with Gasteiger partial charge in [-0.1, -0.05) is 12.1 Å². The minimum absolute atomic E-state index is 0.0484. The molecule has 9 heteroatoms. The van der Waals surface area contributed by atoms with Crippen molar-refractivity contribution < 1.29 is 17.9 Å². The van der Waals surface area contributed by atoms with Gasteiger partial charge in [-0.3, -0.25) is 4.79 Å². The van der Waals surface area contributed by atoms with E-state index in [4.69, 9.17) is 4.74 Å². The number of sulfonamides is 1. The van der Waals surface area contributed by atoms with Gasteiger partial charge < -0.3 is 14.6 Å². The summed E-state index contributed by atoms with van der Waals surface area (Å²) in [5, 5.41) is 0. The zero-order chi connectivity index (χ0) is 22.3. The van der Waals surface area contributed by atoms with E-state index in [0.717, 1.165) is 42.5 Å². The van der Waals surface area contributed by atoms with Gasteiger partial charge in [0.15, 0.2) is 0 Å². The number of benzene rings is 2. The number of carbonyl (C=O) groups excluding carboxylic acids is 1. The molecule has 0 bridgehead atoms. The normalized spacial score (nSPS) is 19.7. The minimum atomic E-state index is -3.72. The van der Waals surface area contributed by atoms with Crippen LogP contribution in [0.25, 0.3) is 11.0 Å². The first-order valence-electron chi connectivity index (χ1n) is 10.9. The number of imidazole rings is 1. The van der Waals surface area contributed by atoms with Crippen LogP contribution in [0.1, 0.15) is 47.9 Å². The number of amides is 1. The molecule has 3 aromatic rings. The van der Waals surface area contributed by atoms with Gasteiger partial charge in [0.05, 0.1) is 24.2 Å². The van der Waals surface area contributed by atoms with Crippen LogP contribution < -0.4 is 4.74 Å². The van der Waals surface area contributed by atoms with E-state index in [1.165, 1.54) is 17.5 Å². The van der Waals surface area contributed by atoms with E-state index in [1.807, 2.05) is 24.3 Å². The highest BCUT2D eigenvalue weighted by Gasteiger charge is 2.35. The van der Waals surface area contributed by atoms with Gasteiger partial charge in [0.1, 0.15) is 16.5 Å². The molecule has 3 heterocycles. The second-order valence-corrected chi connectivity index (χ2v) is 10.2. The second kappa shape index (κ2) is 8.22. The fraction of sp³-hybridized carbons (Fsp3) is 0.391. The summed E-state index contributed by atoms with van der Waals surface area (Å²) in [4.78, 5) is 23.3. The molecule has 1 unspecified atom stereocenters. The Morgan fingerprint density at radius 1 is 1.09 bits per heavy atom. The van der Waals surface area contributed by atoms with Crippen molar-refractivity contribution >= 4 is 27.0 Å². The Morgan fingerprint density at radius 2 is 1.88 bits per heavy atom. The molecule has 2 aliphatic rings. The molecule has 32 heavy (non-hydrogen) atoms. The summed E-state index contributed by atoms with van der Waals surface area (Å²) in [7, 11) is -2.28. The van der Waals surface area contributed by atoms with Crippen LogP contribution in [-0.4, -0.2) is 60.2 Å². The number of fused-ring (bicyclic) bond motifs is 1. The van der Waals surface area contributed by atoms with E-state index in [2.05, 4.69) is 9.97 Å². The monoisotopic (exact) mass is 454 g/mol. The highest BCUT2D eigenvalue weighted by molar-refractivity contribution is 7.89. The van der Waals surface area contributed by atoms with Gasteiger partial charge in [0.2, 0.25) is 10.0 Å². The van der Waals surface area contributed by atoms with Gasteiger partial charge in [-0.05, 0) is 56.0 Å². The summed E-state index contributed by atoms with van der Waals surface area (Å²) in [5.74, 6) is 0.813. The van der Waals surface area contributed by atoms with Gasteiger partial charge in [-0.2, -0.15) is 4.31 Å². The van der Waals surface area contributed by atoms with Crippen LogP contribution in [0.3, 0.4) is 0 Å². The number of ether oxygens (including phenoxy) is 1. The maximum Gasteiger partial charge on any atom is 0.254 e. The molecular formula is C23H26N4O4S. The number of likely N-dealkylation sites (tertiary alicyclic amines) is 1. The molecule has 1 N–H and O–H groups in total. The van der Waals surface area contributed by atoms with Crippen molar-refractivity contribution in [2.24, 2.45) is 0 Å². The fourth-order valence-electron chi connectivity index (χ4n) is 4.67. The van der Waals surface area contributed by atoms with Gasteiger partial charge in [-0.15, -0.1) is 0 Å². The van der Waals surface area contributed by atoms with Crippen LogP contribution in [0.15, 0.2) is 47.4 Å². The third-order valence-electron chi connectivity index (χ3n) is 6.33. The number of hydrogen-bond donors (Lipinski definition) is 1. The first-order valence-corrected chi connectivity index (χ1v) is 12.4. The molecule has 0 radical (unpaired) electrons. The van der Waals surface area contributed by atoms with Crippen LogP contribution in [0.2, 0.25) is 0 Å². The summed E-state index contributed by atoms with van der Waals surface area (Å²) in [6.45, 7) is 1.58. The third-order valence-corrected chi connectivity index (χ3v) is 8.25. The molecule has 8 nitrogen and oxygen atoms in total. The zero-order valence-electron chi connectivity index (χ0n) is 18.0. The summed E-state index contributed by atoms with van der Waals surface area (Å²) in [6.07, 6.45) is 3.35. The molecule has 168 valence electrons. The first-order chi connectivity index (χ1) is 15.5. The number of aromatic nitrogens is 2. The molecule has 5 rings (SSSR count). The average molecular weight is 455 g/mol. The molecule has 0 spiro atoms. The van der Waals surface area contributed by atoms with Crippen molar-refractivity contribution in [2.45, 2.75) is 36.6 Å². The van der Waals surface area contributed by atoms with Gasteiger partial charge in [0, 0.05) is 25.2 Å². The van der Waals surface area contributed by atoms with E-state index in [1.54, 1.807) is 17.0 Å².